The maximum absolute atomic E-state index is 11.8. The lowest BCUT2D eigenvalue weighted by Gasteiger charge is -2.07. The monoisotopic (exact) mass is 388 g/mol. The van der Waals surface area contributed by atoms with Gasteiger partial charge in [-0.3, -0.25) is 0 Å². The van der Waals surface area contributed by atoms with Crippen LogP contribution in [0.25, 0.3) is 0 Å². The Hall–Kier alpha value is -2.61. The van der Waals surface area contributed by atoms with Crippen LogP contribution in [0.15, 0.2) is 55.1 Å². The van der Waals surface area contributed by atoms with Crippen LogP contribution < -0.4 is 15.4 Å². The zero-order valence-electron chi connectivity index (χ0n) is 14.0. The van der Waals surface area contributed by atoms with Crippen LogP contribution in [0.4, 0.5) is 10.5 Å². The fourth-order valence-electron chi connectivity index (χ4n) is 2.07. The van der Waals surface area contributed by atoms with Crippen molar-refractivity contribution in [3.8, 4) is 17.6 Å². The molecule has 0 aromatic heterocycles. The Labute approximate surface area is 163 Å². The summed E-state index contributed by atoms with van der Waals surface area (Å²) in [6.45, 7) is 4.17. The second-order valence-electron chi connectivity index (χ2n) is 5.18. The summed E-state index contributed by atoms with van der Waals surface area (Å²) in [5, 5.41) is 6.08. The van der Waals surface area contributed by atoms with E-state index in [4.69, 9.17) is 27.9 Å². The average Bonchev–Trinajstić information content (AvgIpc) is 2.62. The maximum Gasteiger partial charge on any atom is 0.319 e. The van der Waals surface area contributed by atoms with Crippen molar-refractivity contribution >= 4 is 34.9 Å². The van der Waals surface area contributed by atoms with E-state index < -0.39 is 0 Å². The third-order valence-electron chi connectivity index (χ3n) is 3.28. The maximum atomic E-state index is 11.8. The highest BCUT2D eigenvalue weighted by molar-refractivity contribution is 6.42. The Balaban J connectivity index is 1.74. The molecule has 0 aliphatic heterocycles. The first kappa shape index (κ1) is 19.7. The molecule has 6 heteroatoms. The van der Waals surface area contributed by atoms with Crippen LogP contribution in [-0.4, -0.2) is 19.2 Å². The molecule has 2 rings (SSSR count). The van der Waals surface area contributed by atoms with Crippen LogP contribution in [0.2, 0.25) is 10.0 Å². The van der Waals surface area contributed by atoms with Crippen molar-refractivity contribution in [2.45, 2.75) is 6.42 Å². The van der Waals surface area contributed by atoms with E-state index in [9.17, 15) is 4.79 Å². The van der Waals surface area contributed by atoms with Gasteiger partial charge in [0.15, 0.2) is 0 Å². The molecule has 0 unspecified atom stereocenters. The number of carbonyl (C=O) groups excluding carboxylic acids is 1. The first-order valence-corrected chi connectivity index (χ1v) is 8.63. The van der Waals surface area contributed by atoms with Gasteiger partial charge in [0, 0.05) is 5.69 Å². The number of para-hydroxylation sites is 1. The van der Waals surface area contributed by atoms with Crippen molar-refractivity contribution < 1.29 is 9.53 Å². The summed E-state index contributed by atoms with van der Waals surface area (Å²) in [4.78, 5) is 11.8. The number of rotatable bonds is 6. The van der Waals surface area contributed by atoms with Gasteiger partial charge in [-0.2, -0.15) is 0 Å². The Kier molecular flexibility index (Phi) is 7.88. The van der Waals surface area contributed by atoms with Gasteiger partial charge in [0.2, 0.25) is 0 Å². The molecule has 0 aliphatic carbocycles. The first-order valence-electron chi connectivity index (χ1n) is 7.87. The zero-order chi connectivity index (χ0) is 18.8. The predicted molar refractivity (Wildman–Crippen MR) is 107 cm³/mol. The normalized spacial score (nSPS) is 9.62. The van der Waals surface area contributed by atoms with Crippen LogP contribution in [0, 0.1) is 11.8 Å². The van der Waals surface area contributed by atoms with E-state index in [1.54, 1.807) is 18.2 Å². The van der Waals surface area contributed by atoms with E-state index in [0.29, 0.717) is 15.7 Å². The highest BCUT2D eigenvalue weighted by Gasteiger charge is 2.03. The molecular weight excluding hydrogens is 371 g/mol. The number of nitrogens with one attached hydrogen (secondary N) is 2. The second-order valence-corrected chi connectivity index (χ2v) is 5.99. The van der Waals surface area contributed by atoms with E-state index in [-0.39, 0.29) is 19.2 Å². The van der Waals surface area contributed by atoms with Gasteiger partial charge in [0.25, 0.3) is 0 Å². The fraction of sp³-hybridized carbons (Fsp3) is 0.150. The summed E-state index contributed by atoms with van der Waals surface area (Å²) in [5.74, 6) is 6.47. The summed E-state index contributed by atoms with van der Waals surface area (Å²) in [6.07, 6.45) is 2.56. The number of halogens is 2. The molecule has 0 spiro atoms. The number of urea groups is 1. The Morgan fingerprint density at radius 2 is 1.96 bits per heavy atom. The summed E-state index contributed by atoms with van der Waals surface area (Å²) in [7, 11) is 0. The van der Waals surface area contributed by atoms with Gasteiger partial charge < -0.3 is 15.4 Å². The summed E-state index contributed by atoms with van der Waals surface area (Å²) < 4.78 is 5.64. The Bertz CT molecular complexity index is 841. The van der Waals surface area contributed by atoms with Crippen molar-refractivity contribution in [2.24, 2.45) is 0 Å². The molecule has 0 saturated carbocycles. The number of hydrogen-bond donors (Lipinski definition) is 2. The van der Waals surface area contributed by atoms with Gasteiger partial charge in [-0.15, -0.1) is 6.58 Å². The number of carbonyl (C=O) groups is 1. The lowest BCUT2D eigenvalue weighted by Crippen LogP contribution is -2.28. The highest BCUT2D eigenvalue weighted by Crippen LogP contribution is 2.24. The first-order chi connectivity index (χ1) is 12.6. The van der Waals surface area contributed by atoms with Crippen LogP contribution in [0.5, 0.6) is 5.75 Å². The average molecular weight is 389 g/mol. The van der Waals surface area contributed by atoms with Gasteiger partial charge in [0.05, 0.1) is 16.6 Å². The van der Waals surface area contributed by atoms with Crippen molar-refractivity contribution in [3.05, 3.63) is 70.7 Å². The molecule has 0 atom stereocenters. The molecular formula is C20H18Cl2N2O2. The van der Waals surface area contributed by atoms with Crippen LogP contribution in [-0.2, 0) is 6.42 Å². The largest absolute Gasteiger partial charge is 0.481 e. The number of ether oxygens (including phenoxy) is 1. The van der Waals surface area contributed by atoms with Gasteiger partial charge >= 0.3 is 6.03 Å². The minimum Gasteiger partial charge on any atom is -0.481 e. The smallest absolute Gasteiger partial charge is 0.319 e. The highest BCUT2D eigenvalue weighted by atomic mass is 35.5. The SMILES string of the molecule is C=CCc1ccccc1OCC#CCNC(=O)Nc1ccc(Cl)c(Cl)c1. The number of amides is 2. The fourth-order valence-corrected chi connectivity index (χ4v) is 2.37. The van der Waals surface area contributed by atoms with Crippen LogP contribution >= 0.6 is 23.2 Å². The third kappa shape index (κ3) is 6.36. The molecule has 4 nitrogen and oxygen atoms in total. The van der Waals surface area contributed by atoms with Crippen molar-refractivity contribution in [2.75, 3.05) is 18.5 Å². The minimum absolute atomic E-state index is 0.199. The van der Waals surface area contributed by atoms with Gasteiger partial charge in [-0.05, 0) is 36.2 Å². The van der Waals surface area contributed by atoms with E-state index >= 15 is 0 Å². The van der Waals surface area contributed by atoms with Gasteiger partial charge in [0.1, 0.15) is 12.4 Å². The number of anilines is 1. The standard InChI is InChI=1S/C20H18Cl2N2O2/c1-2-7-15-8-3-4-9-19(15)26-13-6-5-12-23-20(25)24-16-10-11-17(21)18(22)14-16/h2-4,8-11,14H,1,7,12-13H2,(H2,23,24,25). The molecule has 2 amide bonds. The second kappa shape index (κ2) is 10.4. The van der Waals surface area contributed by atoms with Crippen molar-refractivity contribution in [1.29, 1.82) is 0 Å². The quantitative estimate of drug-likeness (QED) is 0.544. The lowest BCUT2D eigenvalue weighted by molar-refractivity contribution is 0.253. The lowest BCUT2D eigenvalue weighted by atomic mass is 10.1. The molecule has 0 bridgehead atoms. The third-order valence-corrected chi connectivity index (χ3v) is 4.02. The predicted octanol–water partition coefficient (Wildman–Crippen LogP) is 4.93. The van der Waals surface area contributed by atoms with E-state index in [2.05, 4.69) is 29.1 Å². The summed E-state index contributed by atoms with van der Waals surface area (Å²) in [5.41, 5.74) is 1.61. The molecule has 0 aliphatic rings. The molecule has 26 heavy (non-hydrogen) atoms. The molecule has 2 aromatic carbocycles. The molecule has 0 fully saturated rings. The number of benzene rings is 2. The molecule has 2 N–H and O–H groups in total. The van der Waals surface area contributed by atoms with E-state index in [1.165, 1.54) is 0 Å². The van der Waals surface area contributed by atoms with Crippen molar-refractivity contribution in [1.82, 2.24) is 5.32 Å². The van der Waals surface area contributed by atoms with E-state index in [1.807, 2.05) is 30.3 Å². The van der Waals surface area contributed by atoms with Gasteiger partial charge in [-0.25, -0.2) is 4.79 Å². The summed E-state index contributed by atoms with van der Waals surface area (Å²) >= 11 is 11.7. The Morgan fingerprint density at radius 1 is 1.15 bits per heavy atom. The molecule has 0 radical (unpaired) electrons. The van der Waals surface area contributed by atoms with Crippen molar-refractivity contribution in [3.63, 3.8) is 0 Å². The molecule has 0 heterocycles. The van der Waals surface area contributed by atoms with Crippen LogP contribution in [0.3, 0.4) is 0 Å². The zero-order valence-corrected chi connectivity index (χ0v) is 15.5. The van der Waals surface area contributed by atoms with Crippen LogP contribution in [0.1, 0.15) is 5.56 Å². The molecule has 2 aromatic rings. The Morgan fingerprint density at radius 3 is 2.73 bits per heavy atom. The molecule has 134 valence electrons. The summed E-state index contributed by atoms with van der Waals surface area (Å²) in [6, 6.07) is 12.2. The topological polar surface area (TPSA) is 50.4 Å². The number of allylic oxidation sites excluding steroid dienone is 1. The number of hydrogen-bond acceptors (Lipinski definition) is 2. The van der Waals surface area contributed by atoms with E-state index in [0.717, 1.165) is 17.7 Å². The minimum atomic E-state index is -0.380. The van der Waals surface area contributed by atoms with Gasteiger partial charge in [-0.1, -0.05) is 59.3 Å². The molecule has 0 saturated heterocycles.